The number of imidazole rings is 1. The van der Waals surface area contributed by atoms with Gasteiger partial charge in [-0.15, -0.1) is 0 Å². The zero-order chi connectivity index (χ0) is 30.0. The van der Waals surface area contributed by atoms with Crippen LogP contribution in [0, 0.1) is 24.7 Å². The number of rotatable bonds is 14. The lowest BCUT2D eigenvalue weighted by molar-refractivity contribution is -0.119. The number of carbonyl (C=O) groups excluding carboxylic acids is 2. The summed E-state index contributed by atoms with van der Waals surface area (Å²) in [5.74, 6) is 0.720. The van der Waals surface area contributed by atoms with Crippen molar-refractivity contribution in [2.45, 2.75) is 91.0 Å². The maximum atomic E-state index is 13.8. The van der Waals surface area contributed by atoms with E-state index in [2.05, 4.69) is 40.4 Å². The second kappa shape index (κ2) is 12.5. The number of carbonyl (C=O) groups is 2. The maximum absolute atomic E-state index is 13.8. The Kier molecular flexibility index (Phi) is 9.03. The molecule has 2 fully saturated rings. The summed E-state index contributed by atoms with van der Waals surface area (Å²) in [7, 11) is -1.15. The molecule has 0 saturated heterocycles. The van der Waals surface area contributed by atoms with Crippen LogP contribution in [0.1, 0.15) is 61.8 Å². The highest BCUT2D eigenvalue weighted by molar-refractivity contribution is 6.76. The molecule has 0 spiro atoms. The molecular weight excluding hydrogens is 544 g/mol. The van der Waals surface area contributed by atoms with Gasteiger partial charge in [-0.1, -0.05) is 31.8 Å². The molecule has 0 radical (unpaired) electrons. The number of ether oxygens (including phenoxy) is 1. The van der Waals surface area contributed by atoms with Gasteiger partial charge in [-0.25, -0.2) is 4.98 Å². The summed E-state index contributed by atoms with van der Waals surface area (Å²) in [4.78, 5) is 31.7. The predicted octanol–water partition coefficient (Wildman–Crippen LogP) is 6.12. The summed E-state index contributed by atoms with van der Waals surface area (Å²) in [6.07, 6.45) is 7.94. The molecule has 42 heavy (non-hydrogen) atoms. The Morgan fingerprint density at radius 3 is 2.31 bits per heavy atom. The lowest BCUT2D eigenvalue weighted by Gasteiger charge is -2.28. The van der Waals surface area contributed by atoms with E-state index < -0.39 is 14.1 Å². The average Bonchev–Trinajstić information content (AvgIpc) is 3.86. The number of benzene rings is 1. The van der Waals surface area contributed by atoms with Crippen LogP contribution in [-0.4, -0.2) is 51.9 Å². The monoisotopic (exact) mass is 590 g/mol. The molecule has 2 aliphatic rings. The van der Waals surface area contributed by atoms with Crippen molar-refractivity contribution in [3.8, 4) is 11.3 Å². The number of amides is 2. The van der Waals surface area contributed by atoms with Crippen molar-refractivity contribution < 1.29 is 14.3 Å². The Hall–Kier alpha value is -3.24. The first-order valence-electron chi connectivity index (χ1n) is 15.4. The smallest absolute Gasteiger partial charge is 0.270 e. The Morgan fingerprint density at radius 2 is 1.71 bits per heavy atom. The molecule has 0 bridgehead atoms. The number of nitrogens with zero attached hydrogens (tertiary/aromatic N) is 4. The topological polar surface area (TPSA) is 103 Å². The quantitative estimate of drug-likeness (QED) is 0.174. The van der Waals surface area contributed by atoms with Gasteiger partial charge in [0.25, 0.3) is 5.91 Å². The highest BCUT2D eigenvalue weighted by Gasteiger charge is 2.48. The van der Waals surface area contributed by atoms with E-state index in [-0.39, 0.29) is 23.8 Å². The van der Waals surface area contributed by atoms with Gasteiger partial charge in [-0.2, -0.15) is 5.10 Å². The van der Waals surface area contributed by atoms with Gasteiger partial charge in [-0.05, 0) is 88.5 Å². The van der Waals surface area contributed by atoms with Crippen molar-refractivity contribution >= 4 is 25.6 Å². The number of nitrogens with one attached hydrogen (secondary N) is 2. The molecule has 226 valence electrons. The third-order valence-corrected chi connectivity index (χ3v) is 10.1. The molecule has 1 atom stereocenters. The molecule has 10 heteroatoms. The molecule has 9 nitrogen and oxygen atoms in total. The van der Waals surface area contributed by atoms with E-state index in [0.29, 0.717) is 29.9 Å². The van der Waals surface area contributed by atoms with Gasteiger partial charge in [0.1, 0.15) is 18.5 Å². The first kappa shape index (κ1) is 30.2. The summed E-state index contributed by atoms with van der Waals surface area (Å²) >= 11 is 0. The first-order chi connectivity index (χ1) is 20.0. The van der Waals surface area contributed by atoms with Crippen molar-refractivity contribution in [3.63, 3.8) is 0 Å². The number of hydrogen-bond acceptors (Lipinski definition) is 5. The zero-order valence-corrected chi connectivity index (χ0v) is 26.9. The summed E-state index contributed by atoms with van der Waals surface area (Å²) in [6, 6.07) is 10.2. The zero-order valence-electron chi connectivity index (χ0n) is 25.9. The SMILES string of the molecule is Cc1ncn(COCC[Si](C)(C)C)c1-c1ccc(NC(=O)C(NC(=O)c2ccnn2C(C)C)C(C2CC2)C2CC2)cc1. The summed E-state index contributed by atoms with van der Waals surface area (Å²) in [5, 5.41) is 10.6. The number of aryl methyl sites for hydroxylation is 1. The molecule has 2 aliphatic carbocycles. The molecular formula is C32H46N6O3Si. The van der Waals surface area contributed by atoms with E-state index in [1.54, 1.807) is 16.9 Å². The molecule has 0 aliphatic heterocycles. The molecule has 1 unspecified atom stereocenters. The summed E-state index contributed by atoms with van der Waals surface area (Å²) in [6.45, 7) is 14.2. The number of anilines is 1. The van der Waals surface area contributed by atoms with Gasteiger partial charge in [0.05, 0.1) is 17.7 Å². The van der Waals surface area contributed by atoms with Crippen molar-refractivity contribution in [3.05, 3.63) is 54.2 Å². The third-order valence-electron chi connectivity index (χ3n) is 8.35. The predicted molar refractivity (Wildman–Crippen MR) is 168 cm³/mol. The average molecular weight is 591 g/mol. The summed E-state index contributed by atoms with van der Waals surface area (Å²) < 4.78 is 9.73. The Balaban J connectivity index is 1.29. The fourth-order valence-electron chi connectivity index (χ4n) is 5.78. The first-order valence-corrected chi connectivity index (χ1v) is 19.1. The lowest BCUT2D eigenvalue weighted by atomic mass is 9.88. The summed E-state index contributed by atoms with van der Waals surface area (Å²) in [5.41, 5.74) is 4.14. The molecule has 3 aromatic rings. The fraction of sp³-hybridized carbons (Fsp3) is 0.562. The molecule has 2 saturated carbocycles. The van der Waals surface area contributed by atoms with Gasteiger partial charge in [0.2, 0.25) is 5.91 Å². The minimum atomic E-state index is -1.15. The normalized spacial score (nSPS) is 16.2. The van der Waals surface area contributed by atoms with Crippen LogP contribution in [0.4, 0.5) is 5.69 Å². The second-order valence-corrected chi connectivity index (χ2v) is 19.1. The van der Waals surface area contributed by atoms with Crippen LogP contribution < -0.4 is 10.6 Å². The van der Waals surface area contributed by atoms with Crippen LogP contribution in [-0.2, 0) is 16.3 Å². The van der Waals surface area contributed by atoms with Crippen molar-refractivity contribution in [1.29, 1.82) is 0 Å². The highest BCUT2D eigenvalue weighted by Crippen LogP contribution is 2.51. The Bertz CT molecular complexity index is 1370. The largest absolute Gasteiger partial charge is 0.361 e. The van der Waals surface area contributed by atoms with E-state index in [1.165, 1.54) is 0 Å². The van der Waals surface area contributed by atoms with E-state index in [0.717, 1.165) is 55.3 Å². The van der Waals surface area contributed by atoms with Gasteiger partial charge in [-0.3, -0.25) is 14.3 Å². The van der Waals surface area contributed by atoms with Crippen LogP contribution >= 0.6 is 0 Å². The van der Waals surface area contributed by atoms with E-state index >= 15 is 0 Å². The molecule has 1 aromatic carbocycles. The van der Waals surface area contributed by atoms with Crippen LogP contribution in [0.5, 0.6) is 0 Å². The highest BCUT2D eigenvalue weighted by atomic mass is 28.3. The standard InChI is InChI=1S/C32H46N6O3Si/c1-21(2)38-27(15-16-34-38)31(39)36-29(28(23-7-8-23)24-9-10-24)32(40)35-26-13-11-25(12-14-26)30-22(3)33-19-37(30)20-41-17-18-42(4,5)6/h11-16,19,21,23-24,28-29H,7-10,17-18,20H2,1-6H3,(H,35,40)(H,36,39). The van der Waals surface area contributed by atoms with Crippen LogP contribution in [0.2, 0.25) is 25.7 Å². The van der Waals surface area contributed by atoms with E-state index in [9.17, 15) is 9.59 Å². The van der Waals surface area contributed by atoms with Crippen LogP contribution in [0.15, 0.2) is 42.9 Å². The van der Waals surface area contributed by atoms with Crippen LogP contribution in [0.25, 0.3) is 11.3 Å². The van der Waals surface area contributed by atoms with Gasteiger partial charge >= 0.3 is 0 Å². The van der Waals surface area contributed by atoms with Gasteiger partial charge in [0.15, 0.2) is 0 Å². The van der Waals surface area contributed by atoms with Crippen molar-refractivity contribution in [2.24, 2.45) is 17.8 Å². The van der Waals surface area contributed by atoms with Crippen molar-refractivity contribution in [2.75, 3.05) is 11.9 Å². The second-order valence-electron chi connectivity index (χ2n) is 13.5. The fourth-order valence-corrected chi connectivity index (χ4v) is 6.53. The number of hydrogen-bond donors (Lipinski definition) is 2. The van der Waals surface area contributed by atoms with Gasteiger partial charge < -0.3 is 19.9 Å². The minimum absolute atomic E-state index is 0.0471. The molecule has 2 N–H and O–H groups in total. The molecule has 5 rings (SSSR count). The van der Waals surface area contributed by atoms with Gasteiger partial charge in [0, 0.05) is 38.2 Å². The Labute approximate surface area is 250 Å². The van der Waals surface area contributed by atoms with Crippen molar-refractivity contribution in [1.82, 2.24) is 24.6 Å². The van der Waals surface area contributed by atoms with Crippen LogP contribution in [0.3, 0.4) is 0 Å². The lowest BCUT2D eigenvalue weighted by Crippen LogP contribution is -2.50. The maximum Gasteiger partial charge on any atom is 0.270 e. The Morgan fingerprint density at radius 1 is 1.05 bits per heavy atom. The minimum Gasteiger partial charge on any atom is -0.361 e. The molecule has 2 amide bonds. The molecule has 2 heterocycles. The van der Waals surface area contributed by atoms with E-state index in [1.807, 2.05) is 55.9 Å². The number of aromatic nitrogens is 4. The third kappa shape index (κ3) is 7.39. The van der Waals surface area contributed by atoms with E-state index in [4.69, 9.17) is 4.74 Å². The molecule has 2 aromatic heterocycles.